The summed E-state index contributed by atoms with van der Waals surface area (Å²) in [5, 5.41) is 1.82. The monoisotopic (exact) mass is 455 g/mol. The van der Waals surface area contributed by atoms with E-state index in [1.165, 1.54) is 0 Å². The van der Waals surface area contributed by atoms with Crippen molar-refractivity contribution in [2.75, 3.05) is 11.9 Å². The average Bonchev–Trinajstić information content (AvgIpc) is 3.30. The SMILES string of the molecule is Cc1cc(C(=O)OCC(=O)Nc2ncc(C(F)(F)F)cc2Cl)c(C)n1Cc1ccco1. The van der Waals surface area contributed by atoms with Crippen molar-refractivity contribution in [1.29, 1.82) is 0 Å². The molecule has 0 spiro atoms. The van der Waals surface area contributed by atoms with Gasteiger partial charge in [-0.05, 0) is 38.1 Å². The van der Waals surface area contributed by atoms with Crippen molar-refractivity contribution in [2.24, 2.45) is 0 Å². The molecule has 0 aliphatic rings. The zero-order valence-corrected chi connectivity index (χ0v) is 17.2. The van der Waals surface area contributed by atoms with E-state index >= 15 is 0 Å². The Balaban J connectivity index is 1.61. The number of anilines is 1. The molecule has 164 valence electrons. The Morgan fingerprint density at radius 2 is 2.03 bits per heavy atom. The minimum absolute atomic E-state index is 0.271. The molecule has 0 unspecified atom stereocenters. The number of esters is 1. The highest BCUT2D eigenvalue weighted by molar-refractivity contribution is 6.33. The van der Waals surface area contributed by atoms with Gasteiger partial charge in [-0.3, -0.25) is 4.79 Å². The molecule has 0 aliphatic carbocycles. The molecule has 3 aromatic heterocycles. The Hall–Kier alpha value is -3.27. The number of aryl methyl sites for hydroxylation is 1. The van der Waals surface area contributed by atoms with Gasteiger partial charge >= 0.3 is 12.1 Å². The Kier molecular flexibility index (Phi) is 6.40. The van der Waals surface area contributed by atoms with Gasteiger partial charge < -0.3 is 19.0 Å². The quantitative estimate of drug-likeness (QED) is 0.548. The van der Waals surface area contributed by atoms with E-state index in [-0.39, 0.29) is 11.4 Å². The number of amides is 1. The third-order valence-electron chi connectivity index (χ3n) is 4.45. The fraction of sp³-hybridized carbons (Fsp3) is 0.250. The Morgan fingerprint density at radius 3 is 2.65 bits per heavy atom. The van der Waals surface area contributed by atoms with Crippen LogP contribution in [0.3, 0.4) is 0 Å². The summed E-state index contributed by atoms with van der Waals surface area (Å²) in [6, 6.07) is 5.84. The second-order valence-corrected chi connectivity index (χ2v) is 7.03. The van der Waals surface area contributed by atoms with Gasteiger partial charge in [0.1, 0.15) is 5.76 Å². The van der Waals surface area contributed by atoms with E-state index in [4.69, 9.17) is 20.8 Å². The highest BCUT2D eigenvalue weighted by Gasteiger charge is 2.31. The highest BCUT2D eigenvalue weighted by atomic mass is 35.5. The van der Waals surface area contributed by atoms with Crippen LogP contribution < -0.4 is 5.32 Å². The number of ether oxygens (including phenoxy) is 1. The lowest BCUT2D eigenvalue weighted by molar-refractivity contribution is -0.137. The summed E-state index contributed by atoms with van der Waals surface area (Å²) in [6.45, 7) is 3.31. The van der Waals surface area contributed by atoms with Crippen molar-refractivity contribution >= 4 is 29.3 Å². The fourth-order valence-corrected chi connectivity index (χ4v) is 3.08. The maximum Gasteiger partial charge on any atom is 0.417 e. The minimum atomic E-state index is -4.61. The van der Waals surface area contributed by atoms with Crippen molar-refractivity contribution < 1.29 is 31.9 Å². The van der Waals surface area contributed by atoms with Gasteiger partial charge in [0.2, 0.25) is 0 Å². The lowest BCUT2D eigenvalue weighted by atomic mass is 10.2. The Morgan fingerprint density at radius 1 is 1.29 bits per heavy atom. The number of nitrogens with one attached hydrogen (secondary N) is 1. The molecule has 0 aromatic carbocycles. The van der Waals surface area contributed by atoms with Crippen LogP contribution >= 0.6 is 11.6 Å². The summed E-state index contributed by atoms with van der Waals surface area (Å²) in [4.78, 5) is 27.9. The van der Waals surface area contributed by atoms with Gasteiger partial charge in [0.15, 0.2) is 12.4 Å². The molecule has 3 aromatic rings. The third kappa shape index (κ3) is 5.26. The van der Waals surface area contributed by atoms with Gasteiger partial charge in [-0.1, -0.05) is 11.6 Å². The van der Waals surface area contributed by atoms with Crippen LogP contribution in [0.4, 0.5) is 19.0 Å². The van der Waals surface area contributed by atoms with Crippen LogP contribution in [-0.2, 0) is 22.3 Å². The zero-order chi connectivity index (χ0) is 22.8. The number of pyridine rings is 1. The summed E-state index contributed by atoms with van der Waals surface area (Å²) in [6.07, 6.45) is -2.52. The first-order valence-corrected chi connectivity index (χ1v) is 9.33. The number of rotatable bonds is 6. The first-order chi connectivity index (χ1) is 14.6. The van der Waals surface area contributed by atoms with E-state index in [0.717, 1.165) is 5.69 Å². The highest BCUT2D eigenvalue weighted by Crippen LogP contribution is 2.32. The molecule has 0 radical (unpaired) electrons. The molecule has 0 saturated heterocycles. The van der Waals surface area contributed by atoms with E-state index in [2.05, 4.69) is 10.3 Å². The van der Waals surface area contributed by atoms with Crippen LogP contribution in [0.2, 0.25) is 5.02 Å². The number of aromatic nitrogens is 2. The molecular weight excluding hydrogens is 439 g/mol. The first-order valence-electron chi connectivity index (χ1n) is 8.95. The van der Waals surface area contributed by atoms with E-state index in [1.807, 2.05) is 17.6 Å². The van der Waals surface area contributed by atoms with Gasteiger partial charge in [0, 0.05) is 17.6 Å². The molecule has 3 rings (SSSR count). The molecule has 1 amide bonds. The van der Waals surface area contributed by atoms with Crippen LogP contribution in [0.15, 0.2) is 41.1 Å². The van der Waals surface area contributed by atoms with E-state index in [9.17, 15) is 22.8 Å². The van der Waals surface area contributed by atoms with E-state index in [1.54, 1.807) is 25.3 Å². The second kappa shape index (κ2) is 8.84. The molecule has 0 bridgehead atoms. The Bertz CT molecular complexity index is 1110. The van der Waals surface area contributed by atoms with Gasteiger partial charge in [0.05, 0.1) is 29.0 Å². The topological polar surface area (TPSA) is 86.4 Å². The zero-order valence-electron chi connectivity index (χ0n) is 16.4. The molecule has 0 fully saturated rings. The minimum Gasteiger partial charge on any atom is -0.467 e. The van der Waals surface area contributed by atoms with Gasteiger partial charge in [-0.15, -0.1) is 0 Å². The lowest BCUT2D eigenvalue weighted by Gasteiger charge is -2.10. The molecule has 7 nitrogen and oxygen atoms in total. The number of furan rings is 1. The van der Waals surface area contributed by atoms with Crippen LogP contribution in [0, 0.1) is 13.8 Å². The van der Waals surface area contributed by atoms with E-state index < -0.39 is 35.2 Å². The first kappa shape index (κ1) is 22.4. The number of carbonyl (C=O) groups excluding carboxylic acids is 2. The van der Waals surface area contributed by atoms with Crippen molar-refractivity contribution in [1.82, 2.24) is 9.55 Å². The maximum absolute atomic E-state index is 12.7. The van der Waals surface area contributed by atoms with Crippen molar-refractivity contribution in [3.63, 3.8) is 0 Å². The van der Waals surface area contributed by atoms with Gasteiger partial charge in [0.25, 0.3) is 5.91 Å². The van der Waals surface area contributed by atoms with Crippen LogP contribution in [0.25, 0.3) is 0 Å². The number of hydrogen-bond acceptors (Lipinski definition) is 5. The maximum atomic E-state index is 12.7. The number of hydrogen-bond donors (Lipinski definition) is 1. The summed E-state index contributed by atoms with van der Waals surface area (Å²) in [5.41, 5.74) is 0.659. The van der Waals surface area contributed by atoms with Crippen molar-refractivity contribution in [3.8, 4) is 0 Å². The molecule has 0 saturated carbocycles. The van der Waals surface area contributed by atoms with E-state index in [0.29, 0.717) is 30.3 Å². The Labute approximate surface area is 179 Å². The summed E-state index contributed by atoms with van der Waals surface area (Å²) < 4.78 is 50.2. The standard InChI is InChI=1S/C20H17ClF3N3O4/c1-11-6-15(12(2)27(11)9-14-4-3-5-30-14)19(29)31-10-17(28)26-18-16(21)7-13(8-25-18)20(22,23)24/h3-8H,9-10H2,1-2H3,(H,25,26,28). The summed E-state index contributed by atoms with van der Waals surface area (Å²) in [7, 11) is 0. The predicted molar refractivity (Wildman–Crippen MR) is 105 cm³/mol. The van der Waals surface area contributed by atoms with Gasteiger partial charge in [-0.25, -0.2) is 9.78 Å². The molecule has 3 heterocycles. The van der Waals surface area contributed by atoms with Crippen LogP contribution in [0.1, 0.15) is 33.1 Å². The summed E-state index contributed by atoms with van der Waals surface area (Å²) >= 11 is 5.74. The van der Waals surface area contributed by atoms with Crippen LogP contribution in [0.5, 0.6) is 0 Å². The van der Waals surface area contributed by atoms with Crippen molar-refractivity contribution in [3.05, 3.63) is 70.0 Å². The molecule has 31 heavy (non-hydrogen) atoms. The largest absolute Gasteiger partial charge is 0.467 e. The fourth-order valence-electron chi connectivity index (χ4n) is 2.87. The average molecular weight is 456 g/mol. The number of halogens is 4. The number of nitrogens with zero attached hydrogens (tertiary/aromatic N) is 2. The third-order valence-corrected chi connectivity index (χ3v) is 4.74. The number of alkyl halides is 3. The molecule has 0 aliphatic heterocycles. The summed E-state index contributed by atoms with van der Waals surface area (Å²) in [5.74, 6) is -1.08. The molecule has 0 atom stereocenters. The predicted octanol–water partition coefficient (Wildman–Crippen LogP) is 4.61. The van der Waals surface area contributed by atoms with Crippen LogP contribution in [-0.4, -0.2) is 28.0 Å². The number of carbonyl (C=O) groups is 2. The second-order valence-electron chi connectivity index (χ2n) is 6.63. The van der Waals surface area contributed by atoms with Crippen molar-refractivity contribution in [2.45, 2.75) is 26.6 Å². The normalized spacial score (nSPS) is 11.4. The van der Waals surface area contributed by atoms with Gasteiger partial charge in [-0.2, -0.15) is 13.2 Å². The molecule has 11 heteroatoms. The molecular formula is C20H17ClF3N3O4. The molecule has 1 N–H and O–H groups in total. The smallest absolute Gasteiger partial charge is 0.417 e. The lowest BCUT2D eigenvalue weighted by Crippen LogP contribution is -2.22.